The van der Waals surface area contributed by atoms with Crippen molar-refractivity contribution in [2.24, 2.45) is 5.92 Å². The van der Waals surface area contributed by atoms with Crippen molar-refractivity contribution in [1.82, 2.24) is 20.1 Å². The van der Waals surface area contributed by atoms with Crippen LogP contribution in [0.15, 0.2) is 59.8 Å². The molecule has 1 aromatic heterocycles. The maximum atomic E-state index is 13.1. The summed E-state index contributed by atoms with van der Waals surface area (Å²) >= 11 is 1.28. The maximum absolute atomic E-state index is 13.1. The van der Waals surface area contributed by atoms with Crippen LogP contribution in [-0.2, 0) is 6.54 Å². The molecule has 1 heterocycles. The molecular formula is C23H25FN4O2S. The third-order valence-corrected chi connectivity index (χ3v) is 5.79. The molecule has 8 heteroatoms. The normalized spacial score (nSPS) is 12.0. The van der Waals surface area contributed by atoms with Gasteiger partial charge in [0, 0.05) is 17.7 Å². The second-order valence-electron chi connectivity index (χ2n) is 7.36. The van der Waals surface area contributed by atoms with E-state index in [9.17, 15) is 14.0 Å². The summed E-state index contributed by atoms with van der Waals surface area (Å²) in [6, 6.07) is 14.2. The SMILES string of the molecule is CCn1c(SCC(=O)c2ccc(F)cc2)nnc1C(NC(=O)c1ccccc1)C(C)C. The van der Waals surface area contributed by atoms with E-state index in [1.165, 1.54) is 36.0 Å². The van der Waals surface area contributed by atoms with Crippen LogP contribution >= 0.6 is 11.8 Å². The Morgan fingerprint density at radius 3 is 2.32 bits per heavy atom. The van der Waals surface area contributed by atoms with E-state index in [0.29, 0.717) is 28.7 Å². The van der Waals surface area contributed by atoms with E-state index in [1.54, 1.807) is 12.1 Å². The minimum Gasteiger partial charge on any atom is -0.342 e. The summed E-state index contributed by atoms with van der Waals surface area (Å²) in [5.41, 5.74) is 1.03. The topological polar surface area (TPSA) is 76.9 Å². The van der Waals surface area contributed by atoms with E-state index < -0.39 is 0 Å². The van der Waals surface area contributed by atoms with Crippen molar-refractivity contribution in [3.05, 3.63) is 77.4 Å². The zero-order valence-corrected chi connectivity index (χ0v) is 18.5. The van der Waals surface area contributed by atoms with Crippen LogP contribution in [0.5, 0.6) is 0 Å². The van der Waals surface area contributed by atoms with Crippen LogP contribution < -0.4 is 5.32 Å². The molecule has 31 heavy (non-hydrogen) atoms. The van der Waals surface area contributed by atoms with Crippen LogP contribution in [0.1, 0.15) is 53.4 Å². The number of amides is 1. The summed E-state index contributed by atoms with van der Waals surface area (Å²) in [6.07, 6.45) is 0. The monoisotopic (exact) mass is 440 g/mol. The Morgan fingerprint density at radius 2 is 1.71 bits per heavy atom. The molecule has 0 radical (unpaired) electrons. The first-order chi connectivity index (χ1) is 14.9. The van der Waals surface area contributed by atoms with Crippen molar-refractivity contribution in [2.75, 3.05) is 5.75 Å². The summed E-state index contributed by atoms with van der Waals surface area (Å²) in [5, 5.41) is 12.3. The largest absolute Gasteiger partial charge is 0.342 e. The van der Waals surface area contributed by atoms with Crippen molar-refractivity contribution >= 4 is 23.5 Å². The van der Waals surface area contributed by atoms with Gasteiger partial charge in [-0.15, -0.1) is 10.2 Å². The number of benzene rings is 2. The molecule has 6 nitrogen and oxygen atoms in total. The molecule has 0 saturated heterocycles. The van der Waals surface area contributed by atoms with Gasteiger partial charge in [-0.05, 0) is 49.2 Å². The van der Waals surface area contributed by atoms with Crippen LogP contribution in [0.4, 0.5) is 4.39 Å². The van der Waals surface area contributed by atoms with Crippen LogP contribution in [0.25, 0.3) is 0 Å². The molecule has 0 fully saturated rings. The lowest BCUT2D eigenvalue weighted by Crippen LogP contribution is -2.33. The Morgan fingerprint density at radius 1 is 1.03 bits per heavy atom. The molecule has 1 amide bonds. The van der Waals surface area contributed by atoms with Gasteiger partial charge in [0.2, 0.25) is 0 Å². The molecule has 162 valence electrons. The number of aromatic nitrogens is 3. The first-order valence-electron chi connectivity index (χ1n) is 10.1. The van der Waals surface area contributed by atoms with Gasteiger partial charge in [0.05, 0.1) is 11.8 Å². The minimum atomic E-state index is -0.378. The summed E-state index contributed by atoms with van der Waals surface area (Å²) in [5.74, 6) is 0.226. The lowest BCUT2D eigenvalue weighted by Gasteiger charge is -2.22. The molecular weight excluding hydrogens is 415 g/mol. The molecule has 0 bridgehead atoms. The van der Waals surface area contributed by atoms with Gasteiger partial charge in [-0.1, -0.05) is 43.8 Å². The fourth-order valence-electron chi connectivity index (χ4n) is 3.13. The van der Waals surface area contributed by atoms with Gasteiger partial charge < -0.3 is 9.88 Å². The van der Waals surface area contributed by atoms with Crippen LogP contribution in [0.3, 0.4) is 0 Å². The van der Waals surface area contributed by atoms with Crippen molar-refractivity contribution in [3.63, 3.8) is 0 Å². The van der Waals surface area contributed by atoms with E-state index in [1.807, 2.05) is 43.5 Å². The van der Waals surface area contributed by atoms with E-state index in [-0.39, 0.29) is 35.2 Å². The number of nitrogens with zero attached hydrogens (tertiary/aromatic N) is 3. The quantitative estimate of drug-likeness (QED) is 0.390. The number of halogens is 1. The number of rotatable bonds is 9. The molecule has 2 aromatic carbocycles. The Kier molecular flexibility index (Phi) is 7.57. The Labute approximate surface area is 185 Å². The minimum absolute atomic E-state index is 0.0841. The highest BCUT2D eigenvalue weighted by atomic mass is 32.2. The van der Waals surface area contributed by atoms with Gasteiger partial charge >= 0.3 is 0 Å². The average molecular weight is 441 g/mol. The van der Waals surface area contributed by atoms with Gasteiger partial charge in [-0.3, -0.25) is 9.59 Å². The van der Waals surface area contributed by atoms with E-state index in [4.69, 9.17) is 0 Å². The standard InChI is InChI=1S/C23H25FN4O2S/c1-4-28-21(20(15(2)3)25-22(30)17-8-6-5-7-9-17)26-27-23(28)31-14-19(29)16-10-12-18(24)13-11-16/h5-13,15,20H,4,14H2,1-3H3,(H,25,30). The number of ketones is 1. The Balaban J connectivity index is 1.75. The number of Topliss-reactive ketones (excluding diaryl/α,β-unsaturated/α-hetero) is 1. The summed E-state index contributed by atoms with van der Waals surface area (Å²) in [4.78, 5) is 25.1. The van der Waals surface area contributed by atoms with Gasteiger partial charge in [0.15, 0.2) is 16.8 Å². The zero-order chi connectivity index (χ0) is 22.4. The number of carbonyl (C=O) groups excluding carboxylic acids is 2. The smallest absolute Gasteiger partial charge is 0.251 e. The molecule has 0 spiro atoms. The average Bonchev–Trinajstić information content (AvgIpc) is 3.19. The van der Waals surface area contributed by atoms with Gasteiger partial charge in [-0.25, -0.2) is 4.39 Å². The van der Waals surface area contributed by atoms with Crippen LogP contribution in [-0.4, -0.2) is 32.2 Å². The summed E-state index contributed by atoms with van der Waals surface area (Å²) < 4.78 is 15.0. The van der Waals surface area contributed by atoms with E-state index in [2.05, 4.69) is 15.5 Å². The predicted octanol–water partition coefficient (Wildman–Crippen LogP) is 4.54. The number of hydrogen-bond donors (Lipinski definition) is 1. The summed E-state index contributed by atoms with van der Waals surface area (Å²) in [6.45, 7) is 6.58. The van der Waals surface area contributed by atoms with Crippen LogP contribution in [0.2, 0.25) is 0 Å². The van der Waals surface area contributed by atoms with Crippen LogP contribution in [0, 0.1) is 11.7 Å². The van der Waals surface area contributed by atoms with Gasteiger partial charge in [0.1, 0.15) is 5.82 Å². The fourth-order valence-corrected chi connectivity index (χ4v) is 4.03. The third-order valence-electron chi connectivity index (χ3n) is 4.83. The Bertz CT molecular complexity index is 1040. The van der Waals surface area contributed by atoms with Crippen molar-refractivity contribution in [1.29, 1.82) is 0 Å². The van der Waals surface area contributed by atoms with E-state index in [0.717, 1.165) is 0 Å². The molecule has 3 aromatic rings. The number of carbonyl (C=O) groups is 2. The molecule has 3 rings (SSSR count). The number of thioether (sulfide) groups is 1. The molecule has 1 unspecified atom stereocenters. The number of nitrogens with one attached hydrogen (secondary N) is 1. The maximum Gasteiger partial charge on any atom is 0.251 e. The zero-order valence-electron chi connectivity index (χ0n) is 17.7. The van der Waals surface area contributed by atoms with Gasteiger partial charge in [-0.2, -0.15) is 0 Å². The summed E-state index contributed by atoms with van der Waals surface area (Å²) in [7, 11) is 0. The molecule has 1 N–H and O–H groups in total. The van der Waals surface area contributed by atoms with Gasteiger partial charge in [0.25, 0.3) is 5.91 Å². The lowest BCUT2D eigenvalue weighted by molar-refractivity contribution is 0.0921. The second-order valence-corrected chi connectivity index (χ2v) is 8.31. The molecule has 0 aliphatic rings. The molecule has 0 saturated carbocycles. The number of hydrogen-bond acceptors (Lipinski definition) is 5. The van der Waals surface area contributed by atoms with Crippen molar-refractivity contribution in [3.8, 4) is 0 Å². The molecule has 0 aliphatic carbocycles. The molecule has 1 atom stereocenters. The first kappa shape index (κ1) is 22.7. The van der Waals surface area contributed by atoms with Crippen molar-refractivity contribution < 1.29 is 14.0 Å². The first-order valence-corrected chi connectivity index (χ1v) is 11.1. The highest BCUT2D eigenvalue weighted by molar-refractivity contribution is 7.99. The highest BCUT2D eigenvalue weighted by Gasteiger charge is 2.26. The predicted molar refractivity (Wildman–Crippen MR) is 119 cm³/mol. The van der Waals surface area contributed by atoms with E-state index >= 15 is 0 Å². The highest BCUT2D eigenvalue weighted by Crippen LogP contribution is 2.26. The second kappa shape index (κ2) is 10.3. The lowest BCUT2D eigenvalue weighted by atomic mass is 10.0. The van der Waals surface area contributed by atoms with Crippen molar-refractivity contribution in [2.45, 2.75) is 38.5 Å². The third kappa shape index (κ3) is 5.58. The molecule has 0 aliphatic heterocycles. The fraction of sp³-hybridized carbons (Fsp3) is 0.304. The Hall–Kier alpha value is -3.00.